The normalized spacial score (nSPS) is 12.0. The van der Waals surface area contributed by atoms with E-state index in [1.807, 2.05) is 40.1 Å². The van der Waals surface area contributed by atoms with Gasteiger partial charge < -0.3 is 15.5 Å². The molecule has 0 saturated heterocycles. The number of rotatable bonds is 6. The molecule has 2 aromatic rings. The number of halogens is 1. The van der Waals surface area contributed by atoms with E-state index in [1.165, 1.54) is 12.1 Å². The van der Waals surface area contributed by atoms with Crippen LogP contribution in [0.3, 0.4) is 0 Å². The molecule has 0 aliphatic rings. The molecule has 0 radical (unpaired) electrons. The van der Waals surface area contributed by atoms with Crippen LogP contribution in [0.4, 0.5) is 4.39 Å². The molecular weight excluding hydrogens is 359 g/mol. The second kappa shape index (κ2) is 9.34. The van der Waals surface area contributed by atoms with Gasteiger partial charge in [-0.15, -0.1) is 0 Å². The maximum absolute atomic E-state index is 13.0. The summed E-state index contributed by atoms with van der Waals surface area (Å²) in [5.74, 6) is 0.310. The predicted molar refractivity (Wildman–Crippen MR) is 109 cm³/mol. The van der Waals surface area contributed by atoms with E-state index in [2.05, 4.69) is 20.7 Å². The van der Waals surface area contributed by atoms with Crippen molar-refractivity contribution in [1.82, 2.24) is 25.3 Å². The zero-order chi connectivity index (χ0) is 20.7. The molecule has 8 heteroatoms. The van der Waals surface area contributed by atoms with Gasteiger partial charge in [0.15, 0.2) is 5.96 Å². The average molecular weight is 388 g/mol. The van der Waals surface area contributed by atoms with E-state index in [4.69, 9.17) is 0 Å². The summed E-state index contributed by atoms with van der Waals surface area (Å²) >= 11 is 0. The summed E-state index contributed by atoms with van der Waals surface area (Å²) in [5, 5.41) is 10.7. The summed E-state index contributed by atoms with van der Waals surface area (Å²) in [6.45, 7) is 6.68. The summed E-state index contributed by atoms with van der Waals surface area (Å²) in [6, 6.07) is 8.11. The van der Waals surface area contributed by atoms with Crippen LogP contribution >= 0.6 is 0 Å². The Morgan fingerprint density at radius 3 is 2.54 bits per heavy atom. The van der Waals surface area contributed by atoms with E-state index in [1.54, 1.807) is 28.8 Å². The first-order valence-electron chi connectivity index (χ1n) is 9.21. The van der Waals surface area contributed by atoms with Crippen molar-refractivity contribution in [2.45, 2.75) is 32.7 Å². The van der Waals surface area contributed by atoms with E-state index < -0.39 is 0 Å². The Morgan fingerprint density at radius 1 is 1.25 bits per heavy atom. The van der Waals surface area contributed by atoms with Crippen molar-refractivity contribution in [2.75, 3.05) is 27.2 Å². The minimum absolute atomic E-state index is 0.0593. The molecule has 0 fully saturated rings. The van der Waals surface area contributed by atoms with E-state index in [0.717, 1.165) is 11.4 Å². The second-order valence-electron chi connectivity index (χ2n) is 7.61. The molecule has 0 atom stereocenters. The van der Waals surface area contributed by atoms with Crippen molar-refractivity contribution >= 4 is 11.9 Å². The van der Waals surface area contributed by atoms with Crippen molar-refractivity contribution < 1.29 is 9.18 Å². The highest BCUT2D eigenvalue weighted by atomic mass is 19.1. The highest BCUT2D eigenvalue weighted by molar-refractivity contribution is 5.86. The number of carbonyl (C=O) groups is 1. The molecule has 0 bridgehead atoms. The Kier molecular flexibility index (Phi) is 7.14. The maximum atomic E-state index is 13.0. The number of nitrogens with zero attached hydrogens (tertiary/aromatic N) is 4. The lowest BCUT2D eigenvalue weighted by molar-refractivity contribution is -0.122. The van der Waals surface area contributed by atoms with Crippen LogP contribution in [0.2, 0.25) is 0 Å². The molecule has 28 heavy (non-hydrogen) atoms. The summed E-state index contributed by atoms with van der Waals surface area (Å²) in [5.41, 5.74) is 1.44. The number of hydrogen-bond acceptors (Lipinski definition) is 3. The molecule has 1 amide bonds. The zero-order valence-corrected chi connectivity index (χ0v) is 17.2. The molecule has 1 heterocycles. The Hall–Kier alpha value is -2.90. The number of guanidine groups is 1. The summed E-state index contributed by atoms with van der Waals surface area (Å²) in [6.07, 6.45) is 2.54. The maximum Gasteiger partial charge on any atom is 0.240 e. The molecule has 152 valence electrons. The van der Waals surface area contributed by atoms with Gasteiger partial charge in [0.05, 0.1) is 17.9 Å². The van der Waals surface area contributed by atoms with Crippen molar-refractivity contribution in [3.63, 3.8) is 0 Å². The molecule has 1 aromatic carbocycles. The number of amides is 1. The lowest BCUT2D eigenvalue weighted by atomic mass is 10.1. The molecule has 0 aliphatic heterocycles. The third kappa shape index (κ3) is 6.68. The number of benzene rings is 1. The van der Waals surface area contributed by atoms with Crippen LogP contribution in [0.15, 0.2) is 41.5 Å². The topological polar surface area (TPSA) is 74.5 Å². The number of likely N-dealkylation sites (N-methyl/N-ethyl adjacent to an activating group) is 1. The van der Waals surface area contributed by atoms with Crippen LogP contribution in [0.1, 0.15) is 26.5 Å². The first-order chi connectivity index (χ1) is 13.2. The molecule has 0 spiro atoms. The van der Waals surface area contributed by atoms with Gasteiger partial charge in [-0.25, -0.2) is 9.07 Å². The largest absolute Gasteiger partial charge is 0.356 e. The van der Waals surface area contributed by atoms with E-state index >= 15 is 0 Å². The molecule has 7 nitrogen and oxygen atoms in total. The van der Waals surface area contributed by atoms with Crippen molar-refractivity contribution in [3.8, 4) is 5.69 Å². The number of hydrogen-bond donors (Lipinski definition) is 2. The van der Waals surface area contributed by atoms with Gasteiger partial charge in [-0.2, -0.15) is 5.10 Å². The molecule has 0 unspecified atom stereocenters. The first-order valence-corrected chi connectivity index (χ1v) is 9.21. The van der Waals surface area contributed by atoms with Crippen LogP contribution in [-0.2, 0) is 11.2 Å². The fourth-order valence-electron chi connectivity index (χ4n) is 2.67. The predicted octanol–water partition coefficient (Wildman–Crippen LogP) is 1.98. The Morgan fingerprint density at radius 2 is 1.93 bits per heavy atom. The molecular formula is C20H29FN6O. The third-order valence-corrected chi connectivity index (χ3v) is 3.87. The number of nitrogens with one attached hydrogen (secondary N) is 2. The first kappa shape index (κ1) is 21.4. The van der Waals surface area contributed by atoms with Gasteiger partial charge in [0.1, 0.15) is 5.82 Å². The second-order valence-corrected chi connectivity index (χ2v) is 7.61. The van der Waals surface area contributed by atoms with E-state index in [9.17, 15) is 9.18 Å². The van der Waals surface area contributed by atoms with E-state index in [0.29, 0.717) is 18.9 Å². The fourth-order valence-corrected chi connectivity index (χ4v) is 2.67. The van der Waals surface area contributed by atoms with Gasteiger partial charge in [0, 0.05) is 38.8 Å². The van der Waals surface area contributed by atoms with Crippen LogP contribution in [0.5, 0.6) is 0 Å². The van der Waals surface area contributed by atoms with Gasteiger partial charge in [-0.3, -0.25) is 9.79 Å². The van der Waals surface area contributed by atoms with Crippen molar-refractivity contribution in [2.24, 2.45) is 4.99 Å². The third-order valence-electron chi connectivity index (χ3n) is 3.87. The minimum Gasteiger partial charge on any atom is -0.356 e. The number of aromatic nitrogens is 2. The molecule has 0 aliphatic carbocycles. The van der Waals surface area contributed by atoms with Crippen LogP contribution in [-0.4, -0.2) is 59.3 Å². The SMILES string of the molecule is CN=C(NCCc1ccn(-c2ccc(F)cc2)n1)N(C)CC(=O)NC(C)(C)C. The summed E-state index contributed by atoms with van der Waals surface area (Å²) in [4.78, 5) is 18.1. The smallest absolute Gasteiger partial charge is 0.240 e. The van der Waals surface area contributed by atoms with Crippen LogP contribution in [0.25, 0.3) is 5.69 Å². The van der Waals surface area contributed by atoms with Gasteiger partial charge in [0.25, 0.3) is 0 Å². The molecule has 2 N–H and O–H groups in total. The highest BCUT2D eigenvalue weighted by Crippen LogP contribution is 2.09. The molecule has 1 aromatic heterocycles. The quantitative estimate of drug-likeness (QED) is 0.586. The fraction of sp³-hybridized carbons (Fsp3) is 0.450. The Bertz CT molecular complexity index is 807. The van der Waals surface area contributed by atoms with Crippen LogP contribution in [0, 0.1) is 5.82 Å². The lowest BCUT2D eigenvalue weighted by Gasteiger charge is -2.25. The van der Waals surface area contributed by atoms with Gasteiger partial charge in [-0.05, 0) is 51.1 Å². The van der Waals surface area contributed by atoms with Gasteiger partial charge >= 0.3 is 0 Å². The number of aliphatic imine (C=N–C) groups is 1. The van der Waals surface area contributed by atoms with Crippen molar-refractivity contribution in [1.29, 1.82) is 0 Å². The summed E-state index contributed by atoms with van der Waals surface area (Å²) in [7, 11) is 3.50. The molecule has 0 saturated carbocycles. The summed E-state index contributed by atoms with van der Waals surface area (Å²) < 4.78 is 14.7. The van der Waals surface area contributed by atoms with Crippen LogP contribution < -0.4 is 10.6 Å². The standard InChI is InChI=1S/C20H29FN6O/c1-20(2,3)24-18(28)14-26(5)19(22-4)23-12-10-16-11-13-27(25-16)17-8-6-15(21)7-9-17/h6-9,11,13H,10,12,14H2,1-5H3,(H,22,23)(H,24,28). The van der Waals surface area contributed by atoms with Gasteiger partial charge in [0.2, 0.25) is 5.91 Å². The molecule has 2 rings (SSSR count). The zero-order valence-electron chi connectivity index (χ0n) is 17.2. The van der Waals surface area contributed by atoms with E-state index in [-0.39, 0.29) is 23.8 Å². The average Bonchev–Trinajstić information content (AvgIpc) is 3.06. The minimum atomic E-state index is -0.271. The Labute approximate surface area is 165 Å². The Balaban J connectivity index is 1.84. The highest BCUT2D eigenvalue weighted by Gasteiger charge is 2.16. The van der Waals surface area contributed by atoms with Crippen molar-refractivity contribution in [3.05, 3.63) is 48.0 Å². The van der Waals surface area contributed by atoms with Gasteiger partial charge in [-0.1, -0.05) is 0 Å². The monoisotopic (exact) mass is 388 g/mol. The lowest BCUT2D eigenvalue weighted by Crippen LogP contribution is -2.49. The number of carbonyl (C=O) groups excluding carboxylic acids is 1.